The number of methoxy groups -OCH3 is 2. The van der Waals surface area contributed by atoms with Gasteiger partial charge in [0.15, 0.2) is 11.5 Å². The van der Waals surface area contributed by atoms with E-state index < -0.39 is 28.5 Å². The van der Waals surface area contributed by atoms with E-state index in [-0.39, 0.29) is 35.2 Å². The van der Waals surface area contributed by atoms with Gasteiger partial charge in [0.1, 0.15) is 12.6 Å². The number of ether oxygens (including phenoxy) is 2. The van der Waals surface area contributed by atoms with Gasteiger partial charge < -0.3 is 19.7 Å². The molecule has 0 saturated carbocycles. The minimum atomic E-state index is -4.30. The number of nitrogens with one attached hydrogen (secondary N) is 1. The first kappa shape index (κ1) is 33.0. The normalized spacial score (nSPS) is 11.9. The molecule has 9 nitrogen and oxygen atoms in total. The third-order valence-corrected chi connectivity index (χ3v) is 8.99. The van der Waals surface area contributed by atoms with Crippen LogP contribution in [0.4, 0.5) is 5.69 Å². The Morgan fingerprint density at radius 1 is 0.929 bits per heavy atom. The van der Waals surface area contributed by atoms with Gasteiger partial charge in [0.05, 0.1) is 24.8 Å². The molecule has 1 N–H and O–H groups in total. The molecule has 42 heavy (non-hydrogen) atoms. The number of rotatable bonds is 13. The van der Waals surface area contributed by atoms with E-state index in [0.29, 0.717) is 27.9 Å². The molecule has 0 aliphatic rings. The molecule has 3 aromatic carbocycles. The summed E-state index contributed by atoms with van der Waals surface area (Å²) in [4.78, 5) is 28.4. The van der Waals surface area contributed by atoms with Crippen LogP contribution in [-0.4, -0.2) is 58.5 Å². The number of likely N-dealkylation sites (N-methyl/N-ethyl adjacent to an activating group) is 1. The number of hydrogen-bond donors (Lipinski definition) is 1. The highest BCUT2D eigenvalue weighted by Crippen LogP contribution is 2.33. The van der Waals surface area contributed by atoms with Gasteiger partial charge in [0, 0.05) is 29.2 Å². The van der Waals surface area contributed by atoms with Crippen molar-refractivity contribution < 1.29 is 27.5 Å². The van der Waals surface area contributed by atoms with Crippen LogP contribution in [0.2, 0.25) is 10.0 Å². The van der Waals surface area contributed by atoms with Crippen molar-refractivity contribution >= 4 is 50.7 Å². The number of sulfonamides is 1. The number of hydrogen-bond acceptors (Lipinski definition) is 6. The van der Waals surface area contributed by atoms with E-state index in [1.54, 1.807) is 56.3 Å². The number of anilines is 1. The number of benzene rings is 3. The van der Waals surface area contributed by atoms with Crippen molar-refractivity contribution in [3.63, 3.8) is 0 Å². The molecule has 0 spiro atoms. The van der Waals surface area contributed by atoms with Crippen molar-refractivity contribution in [2.24, 2.45) is 0 Å². The molecule has 0 heterocycles. The Bertz CT molecular complexity index is 1520. The van der Waals surface area contributed by atoms with Crippen LogP contribution >= 0.6 is 23.2 Å². The van der Waals surface area contributed by atoms with Gasteiger partial charge in [0.2, 0.25) is 11.8 Å². The van der Waals surface area contributed by atoms with E-state index in [9.17, 15) is 18.0 Å². The molecule has 0 fully saturated rings. The van der Waals surface area contributed by atoms with Gasteiger partial charge in [-0.3, -0.25) is 13.9 Å². The number of halogens is 2. The molecular weight excluding hydrogens is 601 g/mol. The van der Waals surface area contributed by atoms with Crippen LogP contribution in [0.5, 0.6) is 11.5 Å². The molecule has 0 radical (unpaired) electrons. The highest BCUT2D eigenvalue weighted by Gasteiger charge is 2.34. The van der Waals surface area contributed by atoms with Crippen molar-refractivity contribution in [2.45, 2.75) is 44.7 Å². The highest BCUT2D eigenvalue weighted by molar-refractivity contribution is 7.92. The van der Waals surface area contributed by atoms with Crippen molar-refractivity contribution in [3.05, 3.63) is 81.8 Å². The van der Waals surface area contributed by atoms with E-state index in [4.69, 9.17) is 32.7 Å². The summed E-state index contributed by atoms with van der Waals surface area (Å²) in [6.45, 7) is 5.17. The second kappa shape index (κ2) is 14.6. The zero-order valence-corrected chi connectivity index (χ0v) is 26.5. The molecule has 0 saturated heterocycles. The lowest BCUT2D eigenvalue weighted by atomic mass is 10.1. The monoisotopic (exact) mass is 635 g/mol. The molecule has 226 valence electrons. The smallest absolute Gasteiger partial charge is 0.264 e. The Morgan fingerprint density at radius 3 is 2.17 bits per heavy atom. The van der Waals surface area contributed by atoms with Crippen LogP contribution in [0.1, 0.15) is 31.4 Å². The minimum Gasteiger partial charge on any atom is -0.493 e. The number of carbonyl (C=O) groups is 2. The van der Waals surface area contributed by atoms with Crippen LogP contribution in [-0.2, 0) is 26.2 Å². The third-order valence-electron chi connectivity index (χ3n) is 6.64. The van der Waals surface area contributed by atoms with Gasteiger partial charge in [-0.05, 0) is 62.2 Å². The van der Waals surface area contributed by atoms with Gasteiger partial charge in [0.25, 0.3) is 10.0 Å². The number of aryl methyl sites for hydroxylation is 1. The second-order valence-electron chi connectivity index (χ2n) is 9.44. The quantitative estimate of drug-likeness (QED) is 0.267. The van der Waals surface area contributed by atoms with Crippen LogP contribution in [0, 0.1) is 6.92 Å². The van der Waals surface area contributed by atoms with Gasteiger partial charge in [-0.25, -0.2) is 8.42 Å². The largest absolute Gasteiger partial charge is 0.493 e. The SMILES string of the molecule is CCNC(=O)[C@@H](CC)N(Cc1ccc(Cl)cc1Cl)C(=O)CN(c1ccc(C)cc1)S(=O)(=O)c1ccc(OC)c(OC)c1. The van der Waals surface area contributed by atoms with Crippen LogP contribution in [0.25, 0.3) is 0 Å². The van der Waals surface area contributed by atoms with Gasteiger partial charge in [-0.2, -0.15) is 0 Å². The summed E-state index contributed by atoms with van der Waals surface area (Å²) in [5.74, 6) is -0.380. The molecule has 12 heteroatoms. The summed E-state index contributed by atoms with van der Waals surface area (Å²) in [5, 5.41) is 3.51. The summed E-state index contributed by atoms with van der Waals surface area (Å²) in [6, 6.07) is 15.0. The molecule has 1 atom stereocenters. The van der Waals surface area contributed by atoms with Crippen molar-refractivity contribution in [1.29, 1.82) is 0 Å². The zero-order valence-electron chi connectivity index (χ0n) is 24.2. The van der Waals surface area contributed by atoms with Gasteiger partial charge >= 0.3 is 0 Å². The summed E-state index contributed by atoms with van der Waals surface area (Å²) >= 11 is 12.5. The fraction of sp³-hybridized carbons (Fsp3) is 0.333. The lowest BCUT2D eigenvalue weighted by Crippen LogP contribution is -2.52. The number of amides is 2. The first-order valence-electron chi connectivity index (χ1n) is 13.3. The average Bonchev–Trinajstić information content (AvgIpc) is 2.97. The Hall–Kier alpha value is -3.47. The molecule has 0 aromatic heterocycles. The standard InChI is InChI=1S/C30H35Cl2N3O6S/c1-6-26(30(37)33-7-2)34(18-21-10-11-22(31)16-25(21)32)29(36)19-35(23-12-8-20(3)9-13-23)42(38,39)24-14-15-27(40-4)28(17-24)41-5/h8-17,26H,6-7,18-19H2,1-5H3,(H,33,37)/t26-/m1/s1. The Morgan fingerprint density at radius 2 is 1.60 bits per heavy atom. The predicted octanol–water partition coefficient (Wildman–Crippen LogP) is 5.46. The van der Waals surface area contributed by atoms with Crippen LogP contribution in [0.15, 0.2) is 65.6 Å². The van der Waals surface area contributed by atoms with Crippen molar-refractivity contribution in [1.82, 2.24) is 10.2 Å². The third kappa shape index (κ3) is 7.67. The molecule has 0 aliphatic heterocycles. The van der Waals surface area contributed by atoms with E-state index >= 15 is 0 Å². The highest BCUT2D eigenvalue weighted by atomic mass is 35.5. The van der Waals surface area contributed by atoms with E-state index in [0.717, 1.165) is 9.87 Å². The molecule has 3 rings (SSSR count). The average molecular weight is 637 g/mol. The maximum atomic E-state index is 14.1. The fourth-order valence-electron chi connectivity index (χ4n) is 4.39. The second-order valence-corrected chi connectivity index (χ2v) is 12.1. The summed E-state index contributed by atoms with van der Waals surface area (Å²) in [7, 11) is -1.44. The molecule has 3 aromatic rings. The molecule has 0 unspecified atom stereocenters. The minimum absolute atomic E-state index is 0.0391. The van der Waals surface area contributed by atoms with Gasteiger partial charge in [-0.1, -0.05) is 53.9 Å². The van der Waals surface area contributed by atoms with Crippen LogP contribution < -0.4 is 19.1 Å². The predicted molar refractivity (Wildman–Crippen MR) is 165 cm³/mol. The van der Waals surface area contributed by atoms with Gasteiger partial charge in [-0.15, -0.1) is 0 Å². The van der Waals surface area contributed by atoms with E-state index in [1.165, 1.54) is 37.3 Å². The maximum Gasteiger partial charge on any atom is 0.264 e. The first-order valence-corrected chi connectivity index (χ1v) is 15.5. The summed E-state index contributed by atoms with van der Waals surface area (Å²) in [6.07, 6.45) is 0.287. The molecule has 0 bridgehead atoms. The topological polar surface area (TPSA) is 105 Å². The van der Waals surface area contributed by atoms with Crippen molar-refractivity contribution in [3.8, 4) is 11.5 Å². The Kier molecular flexibility index (Phi) is 11.5. The number of carbonyl (C=O) groups excluding carboxylic acids is 2. The molecular formula is C30H35Cl2N3O6S. The van der Waals surface area contributed by atoms with Crippen molar-refractivity contribution in [2.75, 3.05) is 31.6 Å². The summed E-state index contributed by atoms with van der Waals surface area (Å²) < 4.78 is 39.8. The van der Waals surface area contributed by atoms with E-state index in [1.807, 2.05) is 6.92 Å². The Balaban J connectivity index is 2.11. The fourth-order valence-corrected chi connectivity index (χ4v) is 6.29. The summed E-state index contributed by atoms with van der Waals surface area (Å²) in [5.41, 5.74) is 1.75. The van der Waals surface area contributed by atoms with Crippen LogP contribution in [0.3, 0.4) is 0 Å². The molecule has 2 amide bonds. The number of nitrogens with zero attached hydrogens (tertiary/aromatic N) is 2. The lowest BCUT2D eigenvalue weighted by molar-refractivity contribution is -0.140. The van der Waals surface area contributed by atoms with E-state index in [2.05, 4.69) is 5.32 Å². The maximum absolute atomic E-state index is 14.1. The lowest BCUT2D eigenvalue weighted by Gasteiger charge is -2.33. The zero-order chi connectivity index (χ0) is 31.0. The first-order chi connectivity index (χ1) is 20.0. The molecule has 0 aliphatic carbocycles. The Labute approximate surface area is 257 Å².